The van der Waals surface area contributed by atoms with E-state index in [2.05, 4.69) is 38.5 Å². The summed E-state index contributed by atoms with van der Waals surface area (Å²) in [5.41, 5.74) is 3.97. The van der Waals surface area contributed by atoms with Crippen molar-refractivity contribution in [2.24, 2.45) is 0 Å². The molecule has 0 aromatic heterocycles. The molecular weight excluding hydrogens is 599 g/mol. The molecule has 4 rings (SSSR count). The van der Waals surface area contributed by atoms with E-state index in [1.165, 1.54) is 0 Å². The number of carbonyl (C=O) groups is 5. The average molecular weight is 630 g/mol. The van der Waals surface area contributed by atoms with Gasteiger partial charge < -0.3 is 10.6 Å². The van der Waals surface area contributed by atoms with Crippen molar-refractivity contribution >= 4 is 57.8 Å². The lowest BCUT2D eigenvalue weighted by Crippen LogP contribution is -2.54. The maximum absolute atomic E-state index is 13.1. The van der Waals surface area contributed by atoms with Crippen molar-refractivity contribution in [2.45, 2.75) is 58.4 Å². The zero-order valence-corrected chi connectivity index (χ0v) is 23.6. The number of nitrogens with one attached hydrogen (secondary N) is 3. The van der Waals surface area contributed by atoms with Crippen molar-refractivity contribution < 1.29 is 24.0 Å². The Morgan fingerprint density at radius 1 is 1.00 bits per heavy atom. The highest BCUT2D eigenvalue weighted by molar-refractivity contribution is 14.1. The maximum atomic E-state index is 13.1. The first kappa shape index (κ1) is 27.7. The van der Waals surface area contributed by atoms with Crippen molar-refractivity contribution in [1.82, 2.24) is 15.5 Å². The summed E-state index contributed by atoms with van der Waals surface area (Å²) >= 11 is 2.27. The lowest BCUT2D eigenvalue weighted by Gasteiger charge is -2.27. The van der Waals surface area contributed by atoms with E-state index in [0.29, 0.717) is 24.3 Å². The molecule has 0 saturated carbocycles. The fourth-order valence-corrected chi connectivity index (χ4v) is 5.32. The number of imide groups is 2. The van der Waals surface area contributed by atoms with Gasteiger partial charge >= 0.3 is 0 Å². The number of anilines is 1. The predicted molar refractivity (Wildman–Crippen MR) is 151 cm³/mol. The lowest BCUT2D eigenvalue weighted by molar-refractivity contribution is -0.136. The van der Waals surface area contributed by atoms with Crippen molar-refractivity contribution in [3.8, 4) is 0 Å². The van der Waals surface area contributed by atoms with Crippen LogP contribution in [-0.2, 0) is 9.59 Å². The van der Waals surface area contributed by atoms with Crippen LogP contribution >= 0.6 is 22.6 Å². The molecule has 5 amide bonds. The summed E-state index contributed by atoms with van der Waals surface area (Å²) in [5.74, 6) is -2.10. The molecule has 0 bridgehead atoms. The Bertz CT molecular complexity index is 1310. The first-order chi connectivity index (χ1) is 18.2. The Labute approximate surface area is 235 Å². The van der Waals surface area contributed by atoms with Crippen molar-refractivity contribution in [2.75, 3.05) is 18.4 Å². The predicted octanol–water partition coefficient (Wildman–Crippen LogP) is 3.71. The highest BCUT2D eigenvalue weighted by atomic mass is 127. The average Bonchev–Trinajstić information content (AvgIpc) is 3.14. The van der Waals surface area contributed by atoms with E-state index < -0.39 is 29.7 Å². The molecule has 2 aliphatic heterocycles. The summed E-state index contributed by atoms with van der Waals surface area (Å²) < 4.78 is 1.11. The van der Waals surface area contributed by atoms with Gasteiger partial charge in [0.05, 0.1) is 11.1 Å². The summed E-state index contributed by atoms with van der Waals surface area (Å²) in [5, 5.41) is 8.47. The molecule has 2 aliphatic rings. The van der Waals surface area contributed by atoms with Gasteiger partial charge in [0.25, 0.3) is 17.7 Å². The first-order valence-electron chi connectivity index (χ1n) is 12.8. The molecule has 9 nitrogen and oxygen atoms in total. The number of amides is 5. The van der Waals surface area contributed by atoms with Crippen LogP contribution in [0, 0.1) is 17.4 Å². The van der Waals surface area contributed by atoms with Crippen LogP contribution in [0.4, 0.5) is 5.69 Å². The molecule has 1 atom stereocenters. The quantitative estimate of drug-likeness (QED) is 0.209. The van der Waals surface area contributed by atoms with E-state index in [1.54, 1.807) is 18.2 Å². The Hall–Kier alpha value is -3.28. The number of piperidine rings is 1. The number of hydrogen-bond acceptors (Lipinski definition) is 6. The summed E-state index contributed by atoms with van der Waals surface area (Å²) in [6.45, 7) is 5.22. The minimum Gasteiger partial charge on any atom is -0.384 e. The van der Waals surface area contributed by atoms with Crippen LogP contribution in [0.3, 0.4) is 0 Å². The second-order valence-corrected chi connectivity index (χ2v) is 10.7. The molecule has 10 heteroatoms. The highest BCUT2D eigenvalue weighted by Crippen LogP contribution is 2.32. The van der Waals surface area contributed by atoms with Gasteiger partial charge in [-0.2, -0.15) is 0 Å². The molecule has 0 radical (unpaired) electrons. The van der Waals surface area contributed by atoms with E-state index in [0.717, 1.165) is 45.3 Å². The molecular formula is C28H31IN4O5. The SMILES string of the molecule is Cc1ccc(C(=O)NCCCCCCNc2cccc3c2C(=O)N(C2CCC(=O)NC2=O)C3=O)c(C)c1I. The van der Waals surface area contributed by atoms with Crippen LogP contribution < -0.4 is 16.0 Å². The fraction of sp³-hybridized carbons (Fsp3) is 0.393. The third kappa shape index (κ3) is 5.74. The van der Waals surface area contributed by atoms with E-state index in [9.17, 15) is 24.0 Å². The Kier molecular flexibility index (Phi) is 8.80. The van der Waals surface area contributed by atoms with E-state index in [4.69, 9.17) is 0 Å². The number of benzene rings is 2. The molecule has 1 unspecified atom stereocenters. The van der Waals surface area contributed by atoms with Crippen LogP contribution in [-0.4, -0.2) is 53.6 Å². The van der Waals surface area contributed by atoms with Crippen molar-refractivity contribution in [3.05, 3.63) is 61.7 Å². The van der Waals surface area contributed by atoms with Crippen LogP contribution in [0.2, 0.25) is 0 Å². The number of nitrogens with zero attached hydrogens (tertiary/aromatic N) is 1. The number of halogens is 1. The monoisotopic (exact) mass is 630 g/mol. The minimum absolute atomic E-state index is 0.0504. The second kappa shape index (κ2) is 12.1. The zero-order valence-electron chi connectivity index (χ0n) is 21.5. The van der Waals surface area contributed by atoms with Gasteiger partial charge in [0.1, 0.15) is 6.04 Å². The van der Waals surface area contributed by atoms with Gasteiger partial charge in [-0.25, -0.2) is 0 Å². The molecule has 0 spiro atoms. The van der Waals surface area contributed by atoms with Gasteiger partial charge in [0.15, 0.2) is 0 Å². The molecule has 200 valence electrons. The Morgan fingerprint density at radius 3 is 2.47 bits per heavy atom. The zero-order chi connectivity index (χ0) is 27.4. The Morgan fingerprint density at radius 2 is 1.74 bits per heavy atom. The standard InChI is InChI=1S/C28H31IN4O5/c1-16-10-11-18(17(2)24(16)29)25(35)31-15-6-4-3-5-14-30-20-9-7-8-19-23(20)28(38)33(27(19)37)21-12-13-22(34)32-26(21)36/h7-11,21,30H,3-6,12-15H2,1-2H3,(H,31,35)(H,32,34,36). The molecule has 3 N–H and O–H groups in total. The first-order valence-corrected chi connectivity index (χ1v) is 13.9. The highest BCUT2D eigenvalue weighted by Gasteiger charge is 2.45. The summed E-state index contributed by atoms with van der Waals surface area (Å²) in [7, 11) is 0. The third-order valence-electron chi connectivity index (χ3n) is 7.00. The number of fused-ring (bicyclic) bond motifs is 1. The van der Waals surface area contributed by atoms with E-state index in [-0.39, 0.29) is 29.9 Å². The maximum Gasteiger partial charge on any atom is 0.264 e. The van der Waals surface area contributed by atoms with Crippen LogP contribution in [0.15, 0.2) is 30.3 Å². The molecule has 0 aliphatic carbocycles. The molecule has 2 heterocycles. The number of hydrogen-bond donors (Lipinski definition) is 3. The summed E-state index contributed by atoms with van der Waals surface area (Å²) in [4.78, 5) is 63.3. The number of rotatable bonds is 10. The third-order valence-corrected chi connectivity index (χ3v) is 8.66. The minimum atomic E-state index is -0.980. The van der Waals surface area contributed by atoms with Crippen molar-refractivity contribution in [1.29, 1.82) is 0 Å². The van der Waals surface area contributed by atoms with E-state index in [1.807, 2.05) is 26.0 Å². The normalized spacial score (nSPS) is 16.9. The van der Waals surface area contributed by atoms with Gasteiger partial charge in [0, 0.05) is 34.3 Å². The van der Waals surface area contributed by atoms with Crippen molar-refractivity contribution in [3.63, 3.8) is 0 Å². The topological polar surface area (TPSA) is 125 Å². The fourth-order valence-electron chi connectivity index (χ4n) is 4.85. The smallest absolute Gasteiger partial charge is 0.264 e. The molecule has 38 heavy (non-hydrogen) atoms. The van der Waals surface area contributed by atoms with Crippen LogP contribution in [0.5, 0.6) is 0 Å². The van der Waals surface area contributed by atoms with Gasteiger partial charge in [-0.3, -0.25) is 34.2 Å². The largest absolute Gasteiger partial charge is 0.384 e. The number of carbonyl (C=O) groups excluding carboxylic acids is 5. The molecule has 2 aromatic carbocycles. The van der Waals surface area contributed by atoms with Gasteiger partial charge in [0.2, 0.25) is 11.8 Å². The molecule has 1 fully saturated rings. The number of unbranched alkanes of at least 4 members (excludes halogenated alkanes) is 3. The second-order valence-electron chi connectivity index (χ2n) is 9.64. The molecule has 1 saturated heterocycles. The van der Waals surface area contributed by atoms with Gasteiger partial charge in [-0.1, -0.05) is 25.0 Å². The summed E-state index contributed by atoms with van der Waals surface area (Å²) in [6.07, 6.45) is 3.82. The number of aryl methyl sites for hydroxylation is 1. The van der Waals surface area contributed by atoms with Gasteiger partial charge in [-0.05, 0) is 85.0 Å². The van der Waals surface area contributed by atoms with Gasteiger partial charge in [-0.15, -0.1) is 0 Å². The van der Waals surface area contributed by atoms with Crippen LogP contribution in [0.25, 0.3) is 0 Å². The van der Waals surface area contributed by atoms with Crippen LogP contribution in [0.1, 0.15) is 80.7 Å². The summed E-state index contributed by atoms with van der Waals surface area (Å²) in [6, 6.07) is 7.90. The lowest BCUT2D eigenvalue weighted by atomic mass is 10.0. The van der Waals surface area contributed by atoms with E-state index >= 15 is 0 Å². The Balaban J connectivity index is 1.22. The molecule has 2 aromatic rings.